The number of anilines is 1. The minimum absolute atomic E-state index is 0.643. The smallest absolute Gasteiger partial charge is 0.139 e. The zero-order chi connectivity index (χ0) is 16.9. The predicted octanol–water partition coefficient (Wildman–Crippen LogP) is 2.77. The number of pyridine rings is 1. The van der Waals surface area contributed by atoms with Gasteiger partial charge in [0.2, 0.25) is 0 Å². The summed E-state index contributed by atoms with van der Waals surface area (Å²) in [6.45, 7) is 2.50. The summed E-state index contributed by atoms with van der Waals surface area (Å²) in [4.78, 5) is 11.5. The Bertz CT molecular complexity index is 826. The van der Waals surface area contributed by atoms with Crippen LogP contribution in [0.1, 0.15) is 19.3 Å². The fraction of sp³-hybridized carbons (Fsp3) is 0.375. The quantitative estimate of drug-likeness (QED) is 0.650. The molecule has 0 amide bonds. The fourth-order valence-electron chi connectivity index (χ4n) is 2.52. The van der Waals surface area contributed by atoms with E-state index >= 15 is 0 Å². The summed E-state index contributed by atoms with van der Waals surface area (Å²) < 4.78 is 12.1. The third kappa shape index (κ3) is 3.82. The number of aromatic amines is 1. The van der Waals surface area contributed by atoms with Crippen molar-refractivity contribution < 1.29 is 4.21 Å². The number of H-pyrrole nitrogens is 1. The molecule has 0 bridgehead atoms. The van der Waals surface area contributed by atoms with Crippen molar-refractivity contribution in [3.05, 3.63) is 24.7 Å². The molecule has 1 aliphatic heterocycles. The second kappa shape index (κ2) is 7.87. The average Bonchev–Trinajstić information content (AvgIpc) is 3.27. The van der Waals surface area contributed by atoms with E-state index in [1.807, 2.05) is 6.07 Å². The van der Waals surface area contributed by atoms with Gasteiger partial charge in [0.25, 0.3) is 0 Å². The fourth-order valence-corrected chi connectivity index (χ4v) is 4.10. The van der Waals surface area contributed by atoms with E-state index in [2.05, 4.69) is 20.3 Å². The summed E-state index contributed by atoms with van der Waals surface area (Å²) in [5.74, 6) is 0. The molecule has 3 aromatic heterocycles. The molecule has 0 spiro atoms. The van der Waals surface area contributed by atoms with Crippen LogP contribution in [0.2, 0.25) is 0 Å². The predicted molar refractivity (Wildman–Crippen MR) is 101 cm³/mol. The van der Waals surface area contributed by atoms with Crippen molar-refractivity contribution in [2.75, 3.05) is 25.1 Å². The number of nitrogens with zero attached hydrogens (tertiary/aromatic N) is 2. The third-order valence-electron chi connectivity index (χ3n) is 3.83. The van der Waals surface area contributed by atoms with Crippen LogP contribution in [0.4, 0.5) is 5.69 Å². The summed E-state index contributed by atoms with van der Waals surface area (Å²) in [7, 11) is -1.02. The molecule has 1 unspecified atom stereocenters. The molecule has 4 heterocycles. The highest BCUT2D eigenvalue weighted by atomic mass is 32.2. The Balaban J connectivity index is 0.000000238. The van der Waals surface area contributed by atoms with E-state index in [0.29, 0.717) is 5.69 Å². The molecule has 0 radical (unpaired) electrons. The number of nitrogens with two attached hydrogens (primary N) is 1. The normalized spacial score (nSPS) is 15.7. The first-order chi connectivity index (χ1) is 11.7. The van der Waals surface area contributed by atoms with Crippen molar-refractivity contribution in [1.82, 2.24) is 20.3 Å². The maximum atomic E-state index is 11.4. The van der Waals surface area contributed by atoms with Crippen LogP contribution < -0.4 is 11.1 Å². The molecule has 8 heteroatoms. The number of nitrogen functional groups attached to an aromatic ring is 1. The van der Waals surface area contributed by atoms with E-state index < -0.39 is 10.8 Å². The molecule has 0 saturated carbocycles. The van der Waals surface area contributed by atoms with Crippen LogP contribution in [-0.4, -0.2) is 38.5 Å². The SMILES string of the molecule is C1CCNCC1.CS(=O)c1cnc(-c2cnc3[nH]ccc3c2N)s1. The lowest BCUT2D eigenvalue weighted by Gasteiger charge is -2.08. The van der Waals surface area contributed by atoms with Gasteiger partial charge in [0.1, 0.15) is 14.9 Å². The van der Waals surface area contributed by atoms with Crippen molar-refractivity contribution in [3.8, 4) is 10.6 Å². The number of fused-ring (bicyclic) bond motifs is 1. The van der Waals surface area contributed by atoms with Crippen LogP contribution in [0.3, 0.4) is 0 Å². The van der Waals surface area contributed by atoms with Crippen molar-refractivity contribution >= 4 is 38.9 Å². The Hall–Kier alpha value is -1.77. The van der Waals surface area contributed by atoms with Gasteiger partial charge in [-0.2, -0.15) is 0 Å². The van der Waals surface area contributed by atoms with Gasteiger partial charge in [-0.1, -0.05) is 6.42 Å². The number of piperidine rings is 1. The van der Waals surface area contributed by atoms with Crippen LogP contribution in [0.5, 0.6) is 0 Å². The molecule has 0 aromatic carbocycles. The summed E-state index contributed by atoms with van der Waals surface area (Å²) in [5.41, 5.74) is 8.29. The van der Waals surface area contributed by atoms with Gasteiger partial charge >= 0.3 is 0 Å². The van der Waals surface area contributed by atoms with Gasteiger partial charge in [0.05, 0.1) is 28.2 Å². The van der Waals surface area contributed by atoms with Crippen LogP contribution in [-0.2, 0) is 10.8 Å². The lowest BCUT2D eigenvalue weighted by atomic mass is 10.2. The van der Waals surface area contributed by atoms with Gasteiger partial charge in [-0.3, -0.25) is 4.21 Å². The number of nitrogens with one attached hydrogen (secondary N) is 2. The summed E-state index contributed by atoms with van der Waals surface area (Å²) >= 11 is 1.38. The van der Waals surface area contributed by atoms with E-state index in [1.165, 1.54) is 43.7 Å². The van der Waals surface area contributed by atoms with E-state index in [-0.39, 0.29) is 0 Å². The Morgan fingerprint density at radius 2 is 2.00 bits per heavy atom. The number of hydrogen-bond donors (Lipinski definition) is 3. The van der Waals surface area contributed by atoms with Crippen LogP contribution >= 0.6 is 11.3 Å². The standard InChI is InChI=1S/C11H10N4OS2.C5H11N/c1-18(16)8-5-15-11(17-8)7-4-14-10-6(9(7)12)2-3-13-10;1-2-4-6-5-3-1/h2-5H,1H3,(H3,12,13,14);6H,1-5H2. The summed E-state index contributed by atoms with van der Waals surface area (Å²) in [6, 6.07) is 1.88. The number of rotatable bonds is 2. The zero-order valence-electron chi connectivity index (χ0n) is 13.5. The monoisotopic (exact) mass is 363 g/mol. The molecule has 3 aromatic rings. The van der Waals surface area contributed by atoms with Gasteiger partial charge < -0.3 is 16.0 Å². The molecule has 1 atom stereocenters. The first kappa shape index (κ1) is 17.1. The zero-order valence-corrected chi connectivity index (χ0v) is 15.2. The van der Waals surface area contributed by atoms with E-state index in [9.17, 15) is 4.21 Å². The van der Waals surface area contributed by atoms with Gasteiger partial charge in [0, 0.05) is 24.0 Å². The third-order valence-corrected chi connectivity index (χ3v) is 6.29. The second-order valence-electron chi connectivity index (χ2n) is 5.57. The summed E-state index contributed by atoms with van der Waals surface area (Å²) in [6.07, 6.45) is 11.0. The van der Waals surface area contributed by atoms with Gasteiger partial charge in [-0.25, -0.2) is 9.97 Å². The van der Waals surface area contributed by atoms with Gasteiger partial charge in [-0.05, 0) is 32.0 Å². The summed E-state index contributed by atoms with van der Waals surface area (Å²) in [5, 5.41) is 4.91. The molecule has 24 heavy (non-hydrogen) atoms. The van der Waals surface area contributed by atoms with E-state index in [1.54, 1.807) is 24.8 Å². The maximum absolute atomic E-state index is 11.4. The highest BCUT2D eigenvalue weighted by molar-refractivity contribution is 7.86. The second-order valence-corrected chi connectivity index (χ2v) is 8.21. The molecule has 6 nitrogen and oxygen atoms in total. The number of aromatic nitrogens is 3. The molecule has 1 fully saturated rings. The molecule has 4 rings (SSSR count). The van der Waals surface area contributed by atoms with Crippen LogP contribution in [0, 0.1) is 0 Å². The van der Waals surface area contributed by atoms with Crippen molar-refractivity contribution in [2.45, 2.75) is 23.5 Å². The maximum Gasteiger partial charge on any atom is 0.139 e. The van der Waals surface area contributed by atoms with Gasteiger partial charge in [-0.15, -0.1) is 11.3 Å². The largest absolute Gasteiger partial charge is 0.398 e. The topological polar surface area (TPSA) is 96.7 Å². The minimum atomic E-state index is -1.02. The average molecular weight is 364 g/mol. The van der Waals surface area contributed by atoms with E-state index in [0.717, 1.165) is 25.8 Å². The molecule has 4 N–H and O–H groups in total. The lowest BCUT2D eigenvalue weighted by Crippen LogP contribution is -2.21. The lowest BCUT2D eigenvalue weighted by molar-refractivity contribution is 0.520. The number of hydrogen-bond acceptors (Lipinski definition) is 6. The molecular weight excluding hydrogens is 342 g/mol. The highest BCUT2D eigenvalue weighted by Gasteiger charge is 2.13. The van der Waals surface area contributed by atoms with Gasteiger partial charge in [0.15, 0.2) is 0 Å². The Morgan fingerprint density at radius 1 is 1.21 bits per heavy atom. The molecular formula is C16H21N5OS2. The highest BCUT2D eigenvalue weighted by Crippen LogP contribution is 2.33. The first-order valence-corrected chi connectivity index (χ1v) is 10.3. The Morgan fingerprint density at radius 3 is 2.58 bits per heavy atom. The van der Waals surface area contributed by atoms with Crippen molar-refractivity contribution in [3.63, 3.8) is 0 Å². The molecule has 1 saturated heterocycles. The van der Waals surface area contributed by atoms with Crippen molar-refractivity contribution in [1.29, 1.82) is 0 Å². The van der Waals surface area contributed by atoms with Crippen LogP contribution in [0.25, 0.3) is 21.6 Å². The molecule has 1 aliphatic rings. The molecule has 128 valence electrons. The first-order valence-electron chi connectivity index (χ1n) is 7.88. The Kier molecular flexibility index (Phi) is 5.60. The van der Waals surface area contributed by atoms with Crippen LogP contribution in [0.15, 0.2) is 28.9 Å². The molecule has 0 aliphatic carbocycles. The van der Waals surface area contributed by atoms with Crippen molar-refractivity contribution in [2.24, 2.45) is 0 Å². The van der Waals surface area contributed by atoms with E-state index in [4.69, 9.17) is 5.73 Å². The number of thiazole rings is 1. The Labute approximate surface area is 147 Å². The minimum Gasteiger partial charge on any atom is -0.398 e.